The molecule has 0 fully saturated rings. The van der Waals surface area contributed by atoms with E-state index in [1.54, 1.807) is 38.5 Å². The minimum absolute atomic E-state index is 0.0501. The molecule has 0 radical (unpaired) electrons. The monoisotopic (exact) mass is 730 g/mol. The molecule has 0 unspecified atom stereocenters. The minimum Gasteiger partial charge on any atom is -0.497 e. The van der Waals surface area contributed by atoms with Crippen molar-refractivity contribution in [2.45, 2.75) is 36.0 Å². The van der Waals surface area contributed by atoms with Gasteiger partial charge in [-0.3, -0.25) is 9.59 Å². The van der Waals surface area contributed by atoms with Gasteiger partial charge in [-0.25, -0.2) is 22.0 Å². The predicted octanol–water partition coefficient (Wildman–Crippen LogP) is 1.88. The Morgan fingerprint density at radius 1 is 0.600 bits per heavy atom. The summed E-state index contributed by atoms with van der Waals surface area (Å²) in [6, 6.07) is 19.7. The van der Waals surface area contributed by atoms with Crippen molar-refractivity contribution >= 4 is 20.0 Å². The van der Waals surface area contributed by atoms with E-state index in [-0.39, 0.29) is 34.0 Å². The first-order chi connectivity index (χ1) is 23.5. The number of nitrogens with zero attached hydrogens (tertiary/aromatic N) is 5. The van der Waals surface area contributed by atoms with Gasteiger partial charge in [0, 0.05) is 63.8 Å². The van der Waals surface area contributed by atoms with Gasteiger partial charge in [0.05, 0.1) is 24.0 Å². The molecule has 4 rings (SSSR count). The molecule has 0 aliphatic heterocycles. The van der Waals surface area contributed by atoms with Gasteiger partial charge in [-0.2, -0.15) is 4.31 Å². The van der Waals surface area contributed by atoms with E-state index in [0.29, 0.717) is 37.7 Å². The van der Waals surface area contributed by atoms with E-state index >= 15 is 0 Å². The van der Waals surface area contributed by atoms with Crippen LogP contribution in [0.3, 0.4) is 0 Å². The first kappa shape index (κ1) is 40.1. The molecule has 4 aromatic rings. The van der Waals surface area contributed by atoms with Crippen LogP contribution in [0.4, 0.5) is 0 Å². The second kappa shape index (κ2) is 18.1. The maximum atomic E-state index is 13.7. The molecule has 2 N–H and O–H groups in total. The van der Waals surface area contributed by atoms with E-state index in [4.69, 9.17) is 14.6 Å². The number of sulfonamides is 2. The molecule has 2 aromatic heterocycles. The van der Waals surface area contributed by atoms with Crippen molar-refractivity contribution in [3.63, 3.8) is 0 Å². The molecule has 0 aliphatic carbocycles. The zero-order valence-corrected chi connectivity index (χ0v) is 30.9. The number of aromatic nitrogens is 2. The number of ether oxygens (including phenoxy) is 2. The highest BCUT2D eigenvalue weighted by Crippen LogP contribution is 2.23. The van der Waals surface area contributed by atoms with Crippen LogP contribution >= 0.6 is 0 Å². The van der Waals surface area contributed by atoms with Crippen molar-refractivity contribution in [3.8, 4) is 11.5 Å². The summed E-state index contributed by atoms with van der Waals surface area (Å²) in [6.45, 7) is 2.41. The van der Waals surface area contributed by atoms with Crippen molar-refractivity contribution in [2.75, 3.05) is 55.5 Å². The summed E-state index contributed by atoms with van der Waals surface area (Å²) in [5.41, 5.74) is 1.16. The maximum absolute atomic E-state index is 13.7. The van der Waals surface area contributed by atoms with E-state index in [1.165, 1.54) is 50.1 Å². The zero-order valence-electron chi connectivity index (χ0n) is 29.2. The van der Waals surface area contributed by atoms with Crippen molar-refractivity contribution in [3.05, 3.63) is 117 Å². The molecular weight excluding hydrogens is 685 g/mol. The average Bonchev–Trinajstić information content (AvgIpc) is 3.07. The van der Waals surface area contributed by atoms with Gasteiger partial charge < -0.3 is 28.4 Å². The van der Waals surface area contributed by atoms with Gasteiger partial charge in [-0.15, -0.1) is 0 Å². The normalized spacial score (nSPS) is 11.8. The van der Waals surface area contributed by atoms with Crippen molar-refractivity contribution < 1.29 is 26.3 Å². The van der Waals surface area contributed by atoms with Crippen LogP contribution in [0.25, 0.3) is 0 Å². The Labute approximate surface area is 294 Å². The average molecular weight is 731 g/mol. The van der Waals surface area contributed by atoms with Crippen LogP contribution in [0, 0.1) is 0 Å². The molecule has 14 nitrogen and oxygen atoms in total. The SMILES string of the molecule is CN(C)CCn1cc(S(N)(=O)=O)ccc1=O.COc1ccc(CN(Cc2ccc(OC)cc2)S(=O)(=O)c2ccc(=O)n(CCN(C)C)c2)cc1. The molecule has 2 heterocycles. The molecule has 16 heteroatoms. The summed E-state index contributed by atoms with van der Waals surface area (Å²) in [7, 11) is 3.04. The number of likely N-dealkylation sites (N-methyl/N-ethyl adjacent to an activating group) is 2. The lowest BCUT2D eigenvalue weighted by Crippen LogP contribution is -2.32. The summed E-state index contributed by atoms with van der Waals surface area (Å²) >= 11 is 0. The molecule has 0 aliphatic rings. The molecule has 272 valence electrons. The van der Waals surface area contributed by atoms with Gasteiger partial charge in [-0.05, 0) is 75.7 Å². The first-order valence-corrected chi connectivity index (χ1v) is 18.5. The minimum atomic E-state index is -3.91. The van der Waals surface area contributed by atoms with Gasteiger partial charge in [0.2, 0.25) is 20.0 Å². The Hall–Kier alpha value is -4.32. The van der Waals surface area contributed by atoms with E-state index in [9.17, 15) is 26.4 Å². The summed E-state index contributed by atoms with van der Waals surface area (Å²) in [6.07, 6.45) is 2.69. The number of hydrogen-bond donors (Lipinski definition) is 1. The third-order valence-corrected chi connectivity index (χ3v) is 10.2. The van der Waals surface area contributed by atoms with E-state index in [2.05, 4.69) is 0 Å². The van der Waals surface area contributed by atoms with E-state index in [1.807, 2.05) is 62.3 Å². The third-order valence-electron chi connectivity index (χ3n) is 7.49. The number of hydrogen-bond acceptors (Lipinski definition) is 10. The van der Waals surface area contributed by atoms with Crippen LogP contribution in [-0.2, 0) is 46.2 Å². The molecule has 0 bridgehead atoms. The Morgan fingerprint density at radius 2 is 0.980 bits per heavy atom. The fourth-order valence-electron chi connectivity index (χ4n) is 4.55. The zero-order chi connectivity index (χ0) is 37.1. The number of nitrogens with two attached hydrogens (primary N) is 1. The van der Waals surface area contributed by atoms with Crippen molar-refractivity contribution in [2.24, 2.45) is 5.14 Å². The largest absolute Gasteiger partial charge is 0.497 e. The Morgan fingerprint density at radius 3 is 1.34 bits per heavy atom. The summed E-state index contributed by atoms with van der Waals surface area (Å²) in [5, 5.41) is 4.98. The van der Waals surface area contributed by atoms with Gasteiger partial charge in [0.25, 0.3) is 11.1 Å². The fourth-order valence-corrected chi connectivity index (χ4v) is 6.52. The van der Waals surface area contributed by atoms with Crippen molar-refractivity contribution in [1.82, 2.24) is 23.2 Å². The highest BCUT2D eigenvalue weighted by molar-refractivity contribution is 7.89. The second-order valence-electron chi connectivity index (χ2n) is 11.9. The van der Waals surface area contributed by atoms with Gasteiger partial charge >= 0.3 is 0 Å². The van der Waals surface area contributed by atoms with Gasteiger partial charge in [-0.1, -0.05) is 24.3 Å². The highest BCUT2D eigenvalue weighted by Gasteiger charge is 2.26. The van der Waals surface area contributed by atoms with Crippen LogP contribution in [0.2, 0.25) is 0 Å². The third kappa shape index (κ3) is 11.9. The standard InChI is InChI=1S/C25H31N3O5S.C9H15N3O3S/c1-26(2)15-16-27-19-24(13-14-25(27)29)34(30,31)28(17-20-5-9-22(32-3)10-6-20)18-21-7-11-23(33-4)12-8-21;1-11(2)5-6-12-7-8(16(10,14)15)3-4-9(12)13/h5-14,19H,15-18H2,1-4H3;3-4,7H,5-6H2,1-2H3,(H2,10,14,15). The lowest BCUT2D eigenvalue weighted by molar-refractivity contribution is 0.378. The maximum Gasteiger partial charge on any atom is 0.250 e. The molecule has 2 aromatic carbocycles. The number of benzene rings is 2. The molecular formula is C34H46N6O8S2. The molecule has 0 spiro atoms. The van der Waals surface area contributed by atoms with Crippen LogP contribution in [0.5, 0.6) is 11.5 Å². The smallest absolute Gasteiger partial charge is 0.250 e. The Kier molecular flexibility index (Phi) is 14.5. The van der Waals surface area contributed by atoms with Crippen molar-refractivity contribution in [1.29, 1.82) is 0 Å². The fraction of sp³-hybridized carbons (Fsp3) is 0.353. The van der Waals surface area contributed by atoms with Crippen LogP contribution in [0.1, 0.15) is 11.1 Å². The second-order valence-corrected chi connectivity index (χ2v) is 15.4. The van der Waals surface area contributed by atoms with E-state index in [0.717, 1.165) is 11.1 Å². The predicted molar refractivity (Wildman–Crippen MR) is 192 cm³/mol. The molecule has 0 saturated heterocycles. The lowest BCUT2D eigenvalue weighted by atomic mass is 10.2. The molecule has 0 atom stereocenters. The highest BCUT2D eigenvalue weighted by atomic mass is 32.2. The summed E-state index contributed by atoms with van der Waals surface area (Å²) in [5.74, 6) is 1.39. The number of primary sulfonamides is 1. The Bertz CT molecular complexity index is 1980. The first-order valence-electron chi connectivity index (χ1n) is 15.5. The van der Waals surface area contributed by atoms with Crippen LogP contribution in [0.15, 0.2) is 105 Å². The topological polar surface area (TPSA) is 166 Å². The summed E-state index contributed by atoms with van der Waals surface area (Å²) < 4.78 is 64.3. The lowest BCUT2D eigenvalue weighted by Gasteiger charge is -2.23. The molecule has 0 amide bonds. The summed E-state index contributed by atoms with van der Waals surface area (Å²) in [4.78, 5) is 27.6. The Balaban J connectivity index is 0.000000354. The van der Waals surface area contributed by atoms with Crippen LogP contribution in [-0.4, -0.2) is 95.6 Å². The number of rotatable bonds is 15. The van der Waals surface area contributed by atoms with Crippen LogP contribution < -0.4 is 25.7 Å². The molecule has 0 saturated carbocycles. The van der Waals surface area contributed by atoms with E-state index < -0.39 is 20.0 Å². The number of methoxy groups -OCH3 is 2. The van der Waals surface area contributed by atoms with Gasteiger partial charge in [0.15, 0.2) is 0 Å². The molecule has 50 heavy (non-hydrogen) atoms. The quantitative estimate of drug-likeness (QED) is 0.191. The van der Waals surface area contributed by atoms with Gasteiger partial charge in [0.1, 0.15) is 11.5 Å². The number of pyridine rings is 2.